The summed E-state index contributed by atoms with van der Waals surface area (Å²) in [6.07, 6.45) is 0.928. The van der Waals surface area contributed by atoms with E-state index < -0.39 is 0 Å². The highest BCUT2D eigenvalue weighted by molar-refractivity contribution is 8.00. The lowest BCUT2D eigenvalue weighted by atomic mass is 9.68. The van der Waals surface area contributed by atoms with Gasteiger partial charge in [-0.05, 0) is 52.8 Å². The van der Waals surface area contributed by atoms with E-state index in [-0.39, 0.29) is 81.7 Å². The van der Waals surface area contributed by atoms with Crippen molar-refractivity contribution in [3.8, 4) is 0 Å². The van der Waals surface area contributed by atoms with Crippen LogP contribution in [-0.4, -0.2) is 39.4 Å². The highest BCUT2D eigenvalue weighted by Crippen LogP contribution is 2.68. The number of aromatic amines is 1. The number of nitrogens with one attached hydrogen (secondary N) is 2. The minimum atomic E-state index is -0.347. The van der Waals surface area contributed by atoms with Gasteiger partial charge in [0.25, 0.3) is 0 Å². The van der Waals surface area contributed by atoms with Gasteiger partial charge in [0.05, 0.1) is 16.9 Å². The molecule has 7 atom stereocenters. The van der Waals surface area contributed by atoms with Gasteiger partial charge in [-0.1, -0.05) is 74.6 Å². The Labute approximate surface area is 247 Å². The second-order valence-corrected chi connectivity index (χ2v) is 15.0. The van der Waals surface area contributed by atoms with E-state index in [9.17, 15) is 19.2 Å². The molecule has 1 saturated heterocycles. The summed E-state index contributed by atoms with van der Waals surface area (Å²) in [7, 11) is 0. The number of nitrogens with zero attached hydrogens (tertiary/aromatic N) is 1. The largest absolute Gasteiger partial charge is 0.326 e. The molecule has 212 valence electrons. The first-order valence-corrected chi connectivity index (χ1v) is 16.0. The van der Waals surface area contributed by atoms with Crippen LogP contribution in [0.15, 0.2) is 64.4 Å². The van der Waals surface area contributed by atoms with Gasteiger partial charge in [0.2, 0.25) is 17.7 Å². The molecule has 0 radical (unpaired) electrons. The van der Waals surface area contributed by atoms with E-state index in [1.165, 1.54) is 27.4 Å². The van der Waals surface area contributed by atoms with Crippen LogP contribution in [0.25, 0.3) is 0 Å². The number of fused-ring (bicyclic) bond motifs is 9. The molecule has 2 aromatic carbocycles. The van der Waals surface area contributed by atoms with Crippen LogP contribution < -0.4 is 10.2 Å². The number of carbonyl (C=O) groups excluding carboxylic acids is 3. The van der Waals surface area contributed by atoms with Gasteiger partial charge in [-0.25, -0.2) is 0 Å². The number of H-pyrrole nitrogens is 1. The predicted octanol–water partition coefficient (Wildman–Crippen LogP) is 5.24. The van der Waals surface area contributed by atoms with E-state index >= 15 is 0 Å². The van der Waals surface area contributed by atoms with E-state index in [1.54, 1.807) is 11.8 Å². The number of para-hydroxylation sites is 1. The summed E-state index contributed by atoms with van der Waals surface area (Å²) in [5, 5.41) is 3.92. The number of carbonyl (C=O) groups is 3. The quantitative estimate of drug-likeness (QED) is 0.398. The number of aromatic nitrogens is 1. The van der Waals surface area contributed by atoms with Crippen LogP contribution in [0, 0.1) is 29.6 Å². The fourth-order valence-corrected chi connectivity index (χ4v) is 10.7. The molecular formula is C32H33N3O4S2. The van der Waals surface area contributed by atoms with E-state index in [0.717, 1.165) is 16.3 Å². The monoisotopic (exact) mass is 587 g/mol. The smallest absolute Gasteiger partial charge is 0.305 e. The molecular weight excluding hydrogens is 555 g/mol. The number of anilines is 1. The Morgan fingerprint density at radius 2 is 1.66 bits per heavy atom. The predicted molar refractivity (Wildman–Crippen MR) is 160 cm³/mol. The summed E-state index contributed by atoms with van der Waals surface area (Å²) in [4.78, 5) is 58.0. The van der Waals surface area contributed by atoms with Gasteiger partial charge in [-0.3, -0.25) is 24.1 Å². The molecule has 4 aliphatic rings. The number of hydrogen-bond donors (Lipinski definition) is 2. The third kappa shape index (κ3) is 4.31. The summed E-state index contributed by atoms with van der Waals surface area (Å²) in [5.41, 5.74) is 3.15. The molecule has 2 N–H and O–H groups in total. The van der Waals surface area contributed by atoms with Crippen molar-refractivity contribution < 1.29 is 14.4 Å². The fraction of sp³-hybridized carbons (Fsp3) is 0.438. The minimum absolute atomic E-state index is 0.0128. The summed E-state index contributed by atoms with van der Waals surface area (Å²) < 4.78 is 0. The zero-order chi connectivity index (χ0) is 28.6. The number of thioether (sulfide) groups is 1. The van der Waals surface area contributed by atoms with Crippen molar-refractivity contribution in [1.29, 1.82) is 0 Å². The average Bonchev–Trinajstić information content (AvgIpc) is 3.67. The lowest BCUT2D eigenvalue weighted by molar-refractivity contribution is -0.141. The van der Waals surface area contributed by atoms with E-state index in [4.69, 9.17) is 0 Å². The van der Waals surface area contributed by atoms with Crippen LogP contribution in [0.2, 0.25) is 0 Å². The van der Waals surface area contributed by atoms with E-state index in [0.29, 0.717) is 5.69 Å². The normalized spacial score (nSPS) is 29.8. The SMILES string of the molecule is CC(C)(C)c1ccc(C2c3sc(=O)[nH]c3SC3C4CC(C5C(=O)N(CCC(=O)Nc6ccccc6)C(=O)C45)C23)cc1. The Bertz CT molecular complexity index is 1590. The van der Waals surface area contributed by atoms with Crippen LogP contribution in [0.4, 0.5) is 5.69 Å². The topological polar surface area (TPSA) is 99.3 Å². The van der Waals surface area contributed by atoms with Gasteiger partial charge in [0, 0.05) is 34.7 Å². The Morgan fingerprint density at radius 1 is 0.976 bits per heavy atom. The summed E-state index contributed by atoms with van der Waals surface area (Å²) in [6, 6.07) is 17.9. The number of imide groups is 1. The Morgan fingerprint density at radius 3 is 2.34 bits per heavy atom. The number of likely N-dealkylation sites (tertiary alicyclic amines) is 1. The molecule has 3 aromatic rings. The molecule has 2 bridgehead atoms. The van der Waals surface area contributed by atoms with Crippen LogP contribution in [0.1, 0.15) is 55.5 Å². The molecule has 2 saturated carbocycles. The summed E-state index contributed by atoms with van der Waals surface area (Å²) in [6.45, 7) is 6.69. The van der Waals surface area contributed by atoms with Gasteiger partial charge >= 0.3 is 4.87 Å². The average molecular weight is 588 g/mol. The van der Waals surface area contributed by atoms with Crippen LogP contribution in [0.3, 0.4) is 0 Å². The Balaban J connectivity index is 1.16. The van der Waals surface area contributed by atoms with Crippen molar-refractivity contribution in [3.63, 3.8) is 0 Å². The maximum atomic E-state index is 13.8. The number of rotatable bonds is 5. The lowest BCUT2D eigenvalue weighted by Gasteiger charge is -2.43. The number of hydrogen-bond acceptors (Lipinski definition) is 6. The molecule has 1 aromatic heterocycles. The molecule has 2 aliphatic carbocycles. The second kappa shape index (κ2) is 9.70. The van der Waals surface area contributed by atoms with Crippen LogP contribution in [0.5, 0.6) is 0 Å². The highest BCUT2D eigenvalue weighted by Gasteiger charge is 2.69. The third-order valence-electron chi connectivity index (χ3n) is 9.57. The molecule has 7 unspecified atom stereocenters. The number of thiazole rings is 1. The molecule has 2 aliphatic heterocycles. The molecule has 3 amide bonds. The van der Waals surface area contributed by atoms with Crippen molar-refractivity contribution in [2.24, 2.45) is 29.6 Å². The molecule has 7 rings (SSSR count). The first kappa shape index (κ1) is 26.7. The van der Waals surface area contributed by atoms with Crippen molar-refractivity contribution in [3.05, 3.63) is 80.3 Å². The zero-order valence-corrected chi connectivity index (χ0v) is 24.9. The van der Waals surface area contributed by atoms with Gasteiger partial charge in [0.15, 0.2) is 0 Å². The molecule has 0 spiro atoms. The number of amides is 3. The second-order valence-electron chi connectivity index (χ2n) is 12.8. The molecule has 9 heteroatoms. The highest BCUT2D eigenvalue weighted by atomic mass is 32.2. The molecule has 3 fully saturated rings. The van der Waals surface area contributed by atoms with Crippen molar-refractivity contribution in [2.75, 3.05) is 11.9 Å². The molecule has 41 heavy (non-hydrogen) atoms. The summed E-state index contributed by atoms with van der Waals surface area (Å²) in [5.74, 6) is -0.828. The van der Waals surface area contributed by atoms with E-state index in [2.05, 4.69) is 55.3 Å². The Kier molecular flexibility index (Phi) is 6.32. The zero-order valence-electron chi connectivity index (χ0n) is 23.3. The van der Waals surface area contributed by atoms with Gasteiger partial charge in [0.1, 0.15) is 0 Å². The van der Waals surface area contributed by atoms with Crippen molar-refractivity contribution >= 4 is 46.5 Å². The minimum Gasteiger partial charge on any atom is -0.326 e. The maximum absolute atomic E-state index is 13.8. The summed E-state index contributed by atoms with van der Waals surface area (Å²) >= 11 is 2.98. The first-order chi connectivity index (χ1) is 19.6. The van der Waals surface area contributed by atoms with Crippen LogP contribution >= 0.6 is 23.1 Å². The van der Waals surface area contributed by atoms with Gasteiger partial charge in [-0.15, -0.1) is 11.8 Å². The third-order valence-corrected chi connectivity index (χ3v) is 12.2. The maximum Gasteiger partial charge on any atom is 0.305 e. The van der Waals surface area contributed by atoms with Crippen molar-refractivity contribution in [2.45, 2.75) is 55.2 Å². The fourth-order valence-electron chi connectivity index (χ4n) is 7.82. The lowest BCUT2D eigenvalue weighted by Crippen LogP contribution is -2.42. The van der Waals surface area contributed by atoms with Crippen LogP contribution in [-0.2, 0) is 19.8 Å². The van der Waals surface area contributed by atoms with Crippen molar-refractivity contribution in [1.82, 2.24) is 9.88 Å². The van der Waals surface area contributed by atoms with Gasteiger partial charge in [-0.2, -0.15) is 0 Å². The first-order valence-electron chi connectivity index (χ1n) is 14.3. The Hall–Kier alpha value is -3.17. The van der Waals surface area contributed by atoms with E-state index in [1.807, 2.05) is 30.3 Å². The number of benzene rings is 2. The standard InChI is InChI=1S/C32H33N3O4S2/c1-32(2,3)17-11-9-16(10-12-17)22-23-19-15-20(26(23)40-28-27(22)41-31(39)34-28)25-24(19)29(37)35(30(25)38)14-13-21(36)33-18-7-5-4-6-8-18/h4-12,19-20,22-26H,13-15H2,1-3H3,(H,33,36)(H,34,39). The molecule has 3 heterocycles. The van der Waals surface area contributed by atoms with Gasteiger partial charge < -0.3 is 10.3 Å². The molecule has 7 nitrogen and oxygen atoms in total.